The Morgan fingerprint density at radius 2 is 2.16 bits per heavy atom. The minimum atomic E-state index is -0.249. The van der Waals surface area contributed by atoms with E-state index in [1.807, 2.05) is 37.4 Å². The van der Waals surface area contributed by atoms with Crippen LogP contribution in [0.2, 0.25) is 4.34 Å². The lowest BCUT2D eigenvalue weighted by molar-refractivity contribution is 0.0942. The highest BCUT2D eigenvalue weighted by Gasteiger charge is 2.21. The van der Waals surface area contributed by atoms with E-state index in [0.29, 0.717) is 15.8 Å². The standard InChI is InChI=1S/C17H16BrClN4OS/c1-23-15(12(18)9-21-23)11-7-14(25-16(11)19)17(24)22-13(8-20)10-5-3-2-4-6-10/h2-7,9,13H,8,20H2,1H3,(H,22,24). The molecular weight excluding hydrogens is 424 g/mol. The van der Waals surface area contributed by atoms with Crippen LogP contribution in [0, 0.1) is 0 Å². The number of thiophene rings is 1. The van der Waals surface area contributed by atoms with Gasteiger partial charge in [-0.25, -0.2) is 0 Å². The number of aryl methyl sites for hydroxylation is 1. The largest absolute Gasteiger partial charge is 0.343 e. The second kappa shape index (κ2) is 7.70. The minimum absolute atomic E-state index is 0.198. The van der Waals surface area contributed by atoms with Crippen LogP contribution in [0.1, 0.15) is 21.3 Å². The van der Waals surface area contributed by atoms with Gasteiger partial charge in [0.15, 0.2) is 0 Å². The van der Waals surface area contributed by atoms with Crippen molar-refractivity contribution in [1.82, 2.24) is 15.1 Å². The molecule has 0 radical (unpaired) electrons. The summed E-state index contributed by atoms with van der Waals surface area (Å²) in [6.45, 7) is 0.314. The molecule has 1 unspecified atom stereocenters. The molecule has 0 fully saturated rings. The van der Waals surface area contributed by atoms with Crippen LogP contribution in [0.3, 0.4) is 0 Å². The van der Waals surface area contributed by atoms with Gasteiger partial charge in [-0.3, -0.25) is 9.48 Å². The van der Waals surface area contributed by atoms with E-state index in [1.54, 1.807) is 16.9 Å². The van der Waals surface area contributed by atoms with Crippen molar-refractivity contribution in [3.8, 4) is 11.3 Å². The molecule has 0 aliphatic heterocycles. The molecule has 0 spiro atoms. The van der Waals surface area contributed by atoms with Gasteiger partial charge in [0.1, 0.15) is 4.34 Å². The topological polar surface area (TPSA) is 72.9 Å². The zero-order chi connectivity index (χ0) is 18.0. The zero-order valence-corrected chi connectivity index (χ0v) is 16.5. The SMILES string of the molecule is Cn1ncc(Br)c1-c1cc(C(=O)NC(CN)c2ccccc2)sc1Cl. The number of carbonyl (C=O) groups excluding carboxylic acids is 1. The number of amides is 1. The van der Waals surface area contributed by atoms with Gasteiger partial charge in [0.2, 0.25) is 0 Å². The first kappa shape index (κ1) is 18.1. The molecule has 3 rings (SSSR count). The summed E-state index contributed by atoms with van der Waals surface area (Å²) >= 11 is 11.1. The number of hydrogen-bond donors (Lipinski definition) is 2. The first-order valence-electron chi connectivity index (χ1n) is 7.54. The third-order valence-electron chi connectivity index (χ3n) is 3.80. The molecule has 130 valence electrons. The fourth-order valence-electron chi connectivity index (χ4n) is 2.55. The summed E-state index contributed by atoms with van der Waals surface area (Å²) < 4.78 is 3.08. The number of nitrogens with zero attached hydrogens (tertiary/aromatic N) is 2. The molecule has 3 N–H and O–H groups in total. The molecule has 8 heteroatoms. The number of nitrogens with one attached hydrogen (secondary N) is 1. The summed E-state index contributed by atoms with van der Waals surface area (Å²) in [5, 5.41) is 7.16. The van der Waals surface area contributed by atoms with Crippen molar-refractivity contribution in [3.05, 3.63) is 61.8 Å². The predicted octanol–water partition coefficient (Wildman–Crippen LogP) is 3.99. The van der Waals surface area contributed by atoms with Gasteiger partial charge in [-0.2, -0.15) is 5.10 Å². The quantitative estimate of drug-likeness (QED) is 0.631. The van der Waals surface area contributed by atoms with Crippen LogP contribution in [-0.4, -0.2) is 22.2 Å². The van der Waals surface area contributed by atoms with Crippen LogP contribution in [0.15, 0.2) is 47.1 Å². The molecule has 2 heterocycles. The van der Waals surface area contributed by atoms with Crippen LogP contribution in [0.4, 0.5) is 0 Å². The first-order valence-corrected chi connectivity index (χ1v) is 9.53. The lowest BCUT2D eigenvalue weighted by Gasteiger charge is -2.16. The molecule has 1 amide bonds. The molecule has 0 saturated carbocycles. The van der Waals surface area contributed by atoms with Crippen molar-refractivity contribution < 1.29 is 4.79 Å². The first-order chi connectivity index (χ1) is 12.0. The third kappa shape index (κ3) is 3.79. The minimum Gasteiger partial charge on any atom is -0.343 e. The van der Waals surface area contributed by atoms with Gasteiger partial charge in [0.05, 0.1) is 27.3 Å². The molecule has 0 aliphatic rings. The lowest BCUT2D eigenvalue weighted by atomic mass is 10.1. The maximum Gasteiger partial charge on any atom is 0.261 e. The van der Waals surface area contributed by atoms with Crippen molar-refractivity contribution in [1.29, 1.82) is 0 Å². The number of benzene rings is 1. The molecule has 1 atom stereocenters. The van der Waals surface area contributed by atoms with Crippen molar-refractivity contribution >= 4 is 44.8 Å². The van der Waals surface area contributed by atoms with Crippen molar-refractivity contribution in [2.24, 2.45) is 12.8 Å². The van der Waals surface area contributed by atoms with Crippen LogP contribution >= 0.6 is 38.9 Å². The van der Waals surface area contributed by atoms with Crippen molar-refractivity contribution in [2.45, 2.75) is 6.04 Å². The maximum absolute atomic E-state index is 12.6. The van der Waals surface area contributed by atoms with E-state index in [4.69, 9.17) is 17.3 Å². The highest BCUT2D eigenvalue weighted by molar-refractivity contribution is 9.10. The molecule has 25 heavy (non-hydrogen) atoms. The Morgan fingerprint density at radius 1 is 1.44 bits per heavy atom. The van der Waals surface area contributed by atoms with E-state index in [1.165, 1.54) is 11.3 Å². The predicted molar refractivity (Wildman–Crippen MR) is 105 cm³/mol. The monoisotopic (exact) mass is 438 g/mol. The molecule has 3 aromatic rings. The van der Waals surface area contributed by atoms with E-state index in [0.717, 1.165) is 21.3 Å². The molecule has 2 aromatic heterocycles. The molecular formula is C17H16BrClN4OS. The van der Waals surface area contributed by atoms with E-state index >= 15 is 0 Å². The summed E-state index contributed by atoms with van der Waals surface area (Å²) in [5.74, 6) is -0.198. The van der Waals surface area contributed by atoms with E-state index in [9.17, 15) is 4.79 Å². The summed E-state index contributed by atoms with van der Waals surface area (Å²) in [7, 11) is 1.83. The van der Waals surface area contributed by atoms with E-state index in [2.05, 4.69) is 26.3 Å². The average Bonchev–Trinajstić information content (AvgIpc) is 3.15. The van der Waals surface area contributed by atoms with Gasteiger partial charge in [-0.1, -0.05) is 41.9 Å². The normalized spacial score (nSPS) is 12.2. The van der Waals surface area contributed by atoms with Gasteiger partial charge in [-0.05, 0) is 27.6 Å². The Balaban J connectivity index is 1.85. The lowest BCUT2D eigenvalue weighted by Crippen LogP contribution is -2.32. The van der Waals surface area contributed by atoms with Crippen LogP contribution < -0.4 is 11.1 Å². The molecule has 0 bridgehead atoms. The number of carbonyl (C=O) groups is 1. The Kier molecular flexibility index (Phi) is 5.58. The Bertz CT molecular complexity index is 874. The Morgan fingerprint density at radius 3 is 2.76 bits per heavy atom. The molecule has 1 aromatic carbocycles. The maximum atomic E-state index is 12.6. The Hall–Kier alpha value is -1.67. The summed E-state index contributed by atoms with van der Waals surface area (Å²) in [5.41, 5.74) is 8.40. The van der Waals surface area contributed by atoms with Crippen LogP contribution in [0.25, 0.3) is 11.3 Å². The van der Waals surface area contributed by atoms with Gasteiger partial charge < -0.3 is 11.1 Å². The Labute approximate surface area is 162 Å². The number of rotatable bonds is 5. The van der Waals surface area contributed by atoms with E-state index < -0.39 is 0 Å². The van der Waals surface area contributed by atoms with Crippen LogP contribution in [0.5, 0.6) is 0 Å². The van der Waals surface area contributed by atoms with Gasteiger partial charge in [0, 0.05) is 19.2 Å². The number of hydrogen-bond acceptors (Lipinski definition) is 4. The molecule has 0 aliphatic carbocycles. The highest BCUT2D eigenvalue weighted by atomic mass is 79.9. The summed E-state index contributed by atoms with van der Waals surface area (Å²) in [4.78, 5) is 13.2. The number of aromatic nitrogens is 2. The molecule has 5 nitrogen and oxygen atoms in total. The fraction of sp³-hybridized carbons (Fsp3) is 0.176. The summed E-state index contributed by atoms with van der Waals surface area (Å²) in [6.07, 6.45) is 1.70. The average molecular weight is 440 g/mol. The van der Waals surface area contributed by atoms with Gasteiger partial charge in [-0.15, -0.1) is 11.3 Å². The number of nitrogens with two attached hydrogens (primary N) is 1. The zero-order valence-electron chi connectivity index (χ0n) is 13.4. The third-order valence-corrected chi connectivity index (χ3v) is 5.74. The second-order valence-corrected chi connectivity index (χ2v) is 7.94. The van der Waals surface area contributed by atoms with Crippen LogP contribution in [-0.2, 0) is 7.05 Å². The fourth-order valence-corrected chi connectivity index (χ4v) is 4.29. The second-order valence-electron chi connectivity index (χ2n) is 5.44. The van der Waals surface area contributed by atoms with Gasteiger partial charge >= 0.3 is 0 Å². The van der Waals surface area contributed by atoms with E-state index in [-0.39, 0.29) is 11.9 Å². The molecule has 0 saturated heterocycles. The van der Waals surface area contributed by atoms with Crippen molar-refractivity contribution in [3.63, 3.8) is 0 Å². The smallest absolute Gasteiger partial charge is 0.261 e. The number of halogens is 2. The highest BCUT2D eigenvalue weighted by Crippen LogP contribution is 2.38. The van der Waals surface area contributed by atoms with Gasteiger partial charge in [0.25, 0.3) is 5.91 Å². The summed E-state index contributed by atoms with van der Waals surface area (Å²) in [6, 6.07) is 11.2. The van der Waals surface area contributed by atoms with Crippen molar-refractivity contribution in [2.75, 3.05) is 6.54 Å².